The van der Waals surface area contributed by atoms with E-state index in [0.29, 0.717) is 0 Å². The van der Waals surface area contributed by atoms with E-state index in [9.17, 15) is 13.2 Å². The third kappa shape index (κ3) is 24.7. The van der Waals surface area contributed by atoms with Crippen LogP contribution in [0.5, 0.6) is 0 Å². The second-order valence-electron chi connectivity index (χ2n) is 5.45. The van der Waals surface area contributed by atoms with Gasteiger partial charge in [-0.1, -0.05) is 41.0 Å². The molecule has 112 valence electrons. The number of rotatable bonds is 3. The van der Waals surface area contributed by atoms with Crippen molar-refractivity contribution in [2.45, 2.75) is 67.1 Å². The smallest absolute Gasteiger partial charge is 0.149 e. The Balaban J connectivity index is -0.000000190. The van der Waals surface area contributed by atoms with Crippen LogP contribution in [0.15, 0.2) is 0 Å². The number of carbonyl (C=O) groups excluding carboxylic acids is 1. The predicted molar refractivity (Wildman–Crippen MR) is 80.6 cm³/mol. The minimum atomic E-state index is -2.74. The number of sulfone groups is 1. The molecular weight excluding hydrogens is 248 g/mol. The molecule has 18 heavy (non-hydrogen) atoms. The van der Waals surface area contributed by atoms with E-state index in [0.717, 1.165) is 5.92 Å². The van der Waals surface area contributed by atoms with Crippen molar-refractivity contribution in [2.75, 3.05) is 6.26 Å². The second-order valence-corrected chi connectivity index (χ2v) is 8.05. The summed E-state index contributed by atoms with van der Waals surface area (Å²) in [6.45, 7) is 15.4. The Bertz CT molecular complexity index is 288. The molecule has 0 aliphatic rings. The number of hydrogen-bond donors (Lipinski definition) is 0. The van der Waals surface area contributed by atoms with Crippen molar-refractivity contribution in [3.63, 3.8) is 0 Å². The molecule has 0 saturated carbocycles. The van der Waals surface area contributed by atoms with Gasteiger partial charge in [0.2, 0.25) is 0 Å². The van der Waals surface area contributed by atoms with Crippen molar-refractivity contribution in [2.24, 2.45) is 11.8 Å². The Morgan fingerprint density at radius 3 is 1.17 bits per heavy atom. The Hall–Kier alpha value is -0.380. The van der Waals surface area contributed by atoms with Crippen LogP contribution in [0.3, 0.4) is 0 Å². The number of Topliss-reactive ketones (excluding diaryl/α,β-unsaturated/α-hetero) is 1. The van der Waals surface area contributed by atoms with Crippen LogP contribution in [-0.2, 0) is 14.6 Å². The molecule has 0 bridgehead atoms. The molecule has 0 aliphatic heterocycles. The lowest BCUT2D eigenvalue weighted by molar-refractivity contribution is -0.119. The van der Waals surface area contributed by atoms with Gasteiger partial charge >= 0.3 is 0 Å². The van der Waals surface area contributed by atoms with Gasteiger partial charge in [-0.15, -0.1) is 0 Å². The first-order chi connectivity index (χ1) is 7.86. The normalized spacial score (nSPS) is 10.7. The van der Waals surface area contributed by atoms with Crippen LogP contribution < -0.4 is 0 Å². The topological polar surface area (TPSA) is 51.2 Å². The van der Waals surface area contributed by atoms with E-state index in [4.69, 9.17) is 0 Å². The third-order valence-electron chi connectivity index (χ3n) is 2.49. The molecular formula is C14H32O3S. The lowest BCUT2D eigenvalue weighted by Crippen LogP contribution is -2.10. The summed E-state index contributed by atoms with van der Waals surface area (Å²) in [6.07, 6.45) is 2.54. The molecule has 0 N–H and O–H groups in total. The highest BCUT2D eigenvalue weighted by atomic mass is 32.2. The molecule has 0 aromatic carbocycles. The maximum absolute atomic E-state index is 10.3. The zero-order valence-electron chi connectivity index (χ0n) is 13.6. The summed E-state index contributed by atoms with van der Waals surface area (Å²) in [5.74, 6) is 1.36. The standard InChI is InChI=1S/C5H10O.C5H12.C4H10O2S/c1-4(2)5(3)6;1-4-5(2)3;1-4(2)7(3,5)6/h4H,1-3H3;5H,4H2,1-3H3;4H,1-3H3. The summed E-state index contributed by atoms with van der Waals surface area (Å²) in [4.78, 5) is 10.1. The number of hydrogen-bond acceptors (Lipinski definition) is 3. The molecule has 0 aromatic rings. The number of ketones is 1. The lowest BCUT2D eigenvalue weighted by Gasteiger charge is -1.96. The van der Waals surface area contributed by atoms with Crippen LogP contribution in [0.25, 0.3) is 0 Å². The first kappa shape index (κ1) is 22.8. The maximum Gasteiger partial charge on any atom is 0.149 e. The number of carbonyl (C=O) groups is 1. The summed E-state index contributed by atoms with van der Waals surface area (Å²) in [6, 6.07) is 0. The maximum atomic E-state index is 10.3. The zero-order chi connectivity index (χ0) is 15.5. The van der Waals surface area contributed by atoms with Crippen LogP contribution in [0.4, 0.5) is 0 Å². The van der Waals surface area contributed by atoms with Crippen molar-refractivity contribution in [1.82, 2.24) is 0 Å². The molecule has 0 spiro atoms. The highest BCUT2D eigenvalue weighted by Crippen LogP contribution is 1.94. The quantitative estimate of drug-likeness (QED) is 0.791. The average molecular weight is 280 g/mol. The molecule has 0 atom stereocenters. The van der Waals surface area contributed by atoms with Gasteiger partial charge in [-0.3, -0.25) is 4.79 Å². The Morgan fingerprint density at radius 1 is 1.00 bits per heavy atom. The summed E-state index contributed by atoms with van der Waals surface area (Å²) in [5, 5.41) is -0.229. The molecule has 0 saturated heterocycles. The predicted octanol–water partition coefficient (Wildman–Crippen LogP) is 3.72. The van der Waals surface area contributed by atoms with Crippen molar-refractivity contribution in [3.8, 4) is 0 Å². The summed E-state index contributed by atoms with van der Waals surface area (Å²) in [5.41, 5.74) is 0. The van der Waals surface area contributed by atoms with Crippen LogP contribution in [0.2, 0.25) is 0 Å². The molecule has 3 nitrogen and oxygen atoms in total. The van der Waals surface area contributed by atoms with Gasteiger partial charge in [0.15, 0.2) is 0 Å². The minimum Gasteiger partial charge on any atom is -0.300 e. The molecule has 0 amide bonds. The van der Waals surface area contributed by atoms with E-state index >= 15 is 0 Å². The minimum absolute atomic E-state index is 0.213. The zero-order valence-corrected chi connectivity index (χ0v) is 14.4. The Kier molecular flexibility index (Phi) is 14.8. The second kappa shape index (κ2) is 11.7. The summed E-state index contributed by atoms with van der Waals surface area (Å²) in [7, 11) is -2.74. The molecule has 4 heteroatoms. The van der Waals surface area contributed by atoms with Gasteiger partial charge in [0, 0.05) is 12.2 Å². The van der Waals surface area contributed by atoms with Crippen LogP contribution >= 0.6 is 0 Å². The van der Waals surface area contributed by atoms with E-state index < -0.39 is 9.84 Å². The highest BCUT2D eigenvalue weighted by Gasteiger charge is 2.05. The molecule has 0 radical (unpaired) electrons. The molecule has 0 aliphatic carbocycles. The van der Waals surface area contributed by atoms with Gasteiger partial charge in [0.1, 0.15) is 15.6 Å². The first-order valence-corrected chi connectivity index (χ1v) is 8.50. The van der Waals surface area contributed by atoms with Gasteiger partial charge in [-0.2, -0.15) is 0 Å². The lowest BCUT2D eigenvalue weighted by atomic mass is 10.1. The Labute approximate surface area is 114 Å². The van der Waals surface area contributed by atoms with E-state index in [1.54, 1.807) is 20.8 Å². The van der Waals surface area contributed by atoms with Crippen molar-refractivity contribution in [3.05, 3.63) is 0 Å². The van der Waals surface area contributed by atoms with Gasteiger partial charge in [0.05, 0.1) is 5.25 Å². The van der Waals surface area contributed by atoms with Crippen molar-refractivity contribution in [1.29, 1.82) is 0 Å². The monoisotopic (exact) mass is 280 g/mol. The highest BCUT2D eigenvalue weighted by molar-refractivity contribution is 7.91. The van der Waals surface area contributed by atoms with Crippen LogP contribution in [-0.4, -0.2) is 25.7 Å². The third-order valence-corrected chi connectivity index (χ3v) is 4.20. The molecule has 0 aromatic heterocycles. The SMILES string of the molecule is CC(=O)C(C)C.CC(C)S(C)(=O)=O.CCC(C)C. The van der Waals surface area contributed by atoms with Crippen molar-refractivity contribution >= 4 is 15.6 Å². The van der Waals surface area contributed by atoms with E-state index in [2.05, 4.69) is 20.8 Å². The van der Waals surface area contributed by atoms with E-state index in [1.807, 2.05) is 13.8 Å². The molecule has 0 heterocycles. The van der Waals surface area contributed by atoms with E-state index in [-0.39, 0.29) is 17.0 Å². The van der Waals surface area contributed by atoms with Gasteiger partial charge < -0.3 is 0 Å². The summed E-state index contributed by atoms with van der Waals surface area (Å²) >= 11 is 0. The summed E-state index contributed by atoms with van der Waals surface area (Å²) < 4.78 is 20.7. The van der Waals surface area contributed by atoms with E-state index in [1.165, 1.54) is 12.7 Å². The Morgan fingerprint density at radius 2 is 1.17 bits per heavy atom. The fraction of sp³-hybridized carbons (Fsp3) is 0.929. The first-order valence-electron chi connectivity index (χ1n) is 6.55. The fourth-order valence-corrected chi connectivity index (χ4v) is 0. The average Bonchev–Trinajstić information content (AvgIpc) is 2.17. The van der Waals surface area contributed by atoms with Crippen LogP contribution in [0, 0.1) is 11.8 Å². The van der Waals surface area contributed by atoms with Crippen molar-refractivity contribution < 1.29 is 13.2 Å². The molecule has 0 rings (SSSR count). The van der Waals surface area contributed by atoms with Crippen LogP contribution in [0.1, 0.15) is 61.8 Å². The van der Waals surface area contributed by atoms with Gasteiger partial charge in [-0.05, 0) is 26.7 Å². The largest absolute Gasteiger partial charge is 0.300 e. The molecule has 0 fully saturated rings. The van der Waals surface area contributed by atoms with Gasteiger partial charge in [0.25, 0.3) is 0 Å². The fourth-order valence-electron chi connectivity index (χ4n) is 0. The molecule has 0 unspecified atom stereocenters. The van der Waals surface area contributed by atoms with Gasteiger partial charge in [-0.25, -0.2) is 8.42 Å².